The molecule has 0 saturated heterocycles. The van der Waals surface area contributed by atoms with Crippen LogP contribution in [0.4, 0.5) is 4.39 Å². The molecule has 0 heterocycles. The molecule has 0 fully saturated rings. The monoisotopic (exact) mass is 337 g/mol. The second-order valence-corrected chi connectivity index (χ2v) is 5.38. The summed E-state index contributed by atoms with van der Waals surface area (Å²) in [4.78, 5) is 0. The van der Waals surface area contributed by atoms with Gasteiger partial charge in [0.2, 0.25) is 0 Å². The largest absolute Gasteiger partial charge is 0.489 e. The molecule has 0 spiro atoms. The summed E-state index contributed by atoms with van der Waals surface area (Å²) in [7, 11) is 0. The zero-order valence-corrected chi connectivity index (χ0v) is 12.9. The Morgan fingerprint density at radius 3 is 2.55 bits per heavy atom. The highest BCUT2D eigenvalue weighted by Gasteiger charge is 2.06. The van der Waals surface area contributed by atoms with E-state index in [4.69, 9.17) is 10.5 Å². The zero-order valence-electron chi connectivity index (χ0n) is 11.3. The van der Waals surface area contributed by atoms with E-state index in [2.05, 4.69) is 22.9 Å². The molecule has 4 heteroatoms. The molecule has 20 heavy (non-hydrogen) atoms. The van der Waals surface area contributed by atoms with Gasteiger partial charge in [-0.05, 0) is 46.1 Å². The minimum atomic E-state index is -0.282. The van der Waals surface area contributed by atoms with Crippen molar-refractivity contribution in [3.8, 4) is 5.75 Å². The van der Waals surface area contributed by atoms with Crippen molar-refractivity contribution in [2.75, 3.05) is 0 Å². The normalized spacial score (nSPS) is 12.2. The van der Waals surface area contributed by atoms with Gasteiger partial charge in [0.1, 0.15) is 18.2 Å². The van der Waals surface area contributed by atoms with Gasteiger partial charge in [0.15, 0.2) is 0 Å². The average Bonchev–Trinajstić information content (AvgIpc) is 2.48. The first-order valence-corrected chi connectivity index (χ1v) is 7.32. The molecule has 106 valence electrons. The van der Waals surface area contributed by atoms with Crippen LogP contribution in [0, 0.1) is 5.82 Å². The summed E-state index contributed by atoms with van der Waals surface area (Å²) in [6.07, 6.45) is 0.899. The number of benzene rings is 2. The molecule has 0 saturated carbocycles. The van der Waals surface area contributed by atoms with Crippen LogP contribution in [-0.2, 0) is 6.61 Å². The van der Waals surface area contributed by atoms with Crippen molar-refractivity contribution >= 4 is 15.9 Å². The first kappa shape index (κ1) is 15.0. The molecule has 2 nitrogen and oxygen atoms in total. The third kappa shape index (κ3) is 3.58. The molecule has 2 aromatic rings. The maximum absolute atomic E-state index is 13.4. The molecule has 2 rings (SSSR count). The van der Waals surface area contributed by atoms with Gasteiger partial charge in [0.05, 0.1) is 4.47 Å². The molecule has 0 aliphatic carbocycles. The van der Waals surface area contributed by atoms with Crippen molar-refractivity contribution in [2.45, 2.75) is 26.0 Å². The van der Waals surface area contributed by atoms with Gasteiger partial charge < -0.3 is 10.5 Å². The van der Waals surface area contributed by atoms with Gasteiger partial charge in [-0.1, -0.05) is 31.2 Å². The summed E-state index contributed by atoms with van der Waals surface area (Å²) in [5.41, 5.74) is 7.82. The van der Waals surface area contributed by atoms with Crippen LogP contribution in [0.2, 0.25) is 0 Å². The fourth-order valence-corrected chi connectivity index (χ4v) is 2.25. The second-order valence-electron chi connectivity index (χ2n) is 4.59. The van der Waals surface area contributed by atoms with Crippen LogP contribution in [0.5, 0.6) is 5.75 Å². The summed E-state index contributed by atoms with van der Waals surface area (Å²) >= 11 is 3.22. The summed E-state index contributed by atoms with van der Waals surface area (Å²) in [5, 5.41) is 0. The average molecular weight is 338 g/mol. The minimum absolute atomic E-state index is 0.0569. The number of hydrogen-bond acceptors (Lipinski definition) is 2. The predicted octanol–water partition coefficient (Wildman–Crippen LogP) is 4.58. The lowest BCUT2D eigenvalue weighted by molar-refractivity contribution is 0.304. The van der Waals surface area contributed by atoms with Crippen LogP contribution < -0.4 is 10.5 Å². The number of ether oxygens (including phenoxy) is 1. The van der Waals surface area contributed by atoms with E-state index >= 15 is 0 Å². The van der Waals surface area contributed by atoms with E-state index in [9.17, 15) is 4.39 Å². The molecule has 0 aliphatic heterocycles. The fraction of sp³-hybridized carbons (Fsp3) is 0.250. The van der Waals surface area contributed by atoms with E-state index in [1.807, 2.05) is 30.3 Å². The standard InChI is InChI=1S/C16H17BrFNO/c1-2-15(19)11-6-8-13(9-7-11)20-10-12-4-3-5-14(18)16(12)17/h3-9,15H,2,10,19H2,1H3. The van der Waals surface area contributed by atoms with Crippen molar-refractivity contribution in [2.24, 2.45) is 5.73 Å². The number of hydrogen-bond donors (Lipinski definition) is 1. The summed E-state index contributed by atoms with van der Waals surface area (Å²) < 4.78 is 19.5. The molecular formula is C16H17BrFNO. The van der Waals surface area contributed by atoms with E-state index in [1.54, 1.807) is 6.07 Å². The lowest BCUT2D eigenvalue weighted by Crippen LogP contribution is -2.08. The number of halogens is 2. The summed E-state index contributed by atoms with van der Waals surface area (Å²) in [6, 6.07) is 12.7. The Balaban J connectivity index is 2.02. The quantitative estimate of drug-likeness (QED) is 0.866. The molecule has 1 unspecified atom stereocenters. The molecule has 2 aromatic carbocycles. The van der Waals surface area contributed by atoms with Crippen LogP contribution in [0.1, 0.15) is 30.5 Å². The highest BCUT2D eigenvalue weighted by atomic mass is 79.9. The second kappa shape index (κ2) is 6.86. The summed E-state index contributed by atoms with van der Waals surface area (Å²) in [6.45, 7) is 2.37. The Hall–Kier alpha value is -1.39. The van der Waals surface area contributed by atoms with Crippen LogP contribution >= 0.6 is 15.9 Å². The van der Waals surface area contributed by atoms with Gasteiger partial charge in [-0.25, -0.2) is 4.39 Å². The van der Waals surface area contributed by atoms with Crippen LogP contribution in [0.25, 0.3) is 0 Å². The Morgan fingerprint density at radius 2 is 1.90 bits per heavy atom. The van der Waals surface area contributed by atoms with Crippen molar-refractivity contribution in [1.82, 2.24) is 0 Å². The Kier molecular flexibility index (Phi) is 5.15. The molecule has 2 N–H and O–H groups in total. The van der Waals surface area contributed by atoms with E-state index < -0.39 is 0 Å². The Bertz CT molecular complexity index is 571. The van der Waals surface area contributed by atoms with Crippen LogP contribution in [0.3, 0.4) is 0 Å². The number of rotatable bonds is 5. The number of nitrogens with two attached hydrogens (primary N) is 1. The van der Waals surface area contributed by atoms with Crippen molar-refractivity contribution in [1.29, 1.82) is 0 Å². The molecular weight excluding hydrogens is 321 g/mol. The van der Waals surface area contributed by atoms with Gasteiger partial charge in [-0.15, -0.1) is 0 Å². The fourth-order valence-electron chi connectivity index (χ4n) is 1.87. The molecule has 0 bridgehead atoms. The van der Waals surface area contributed by atoms with Crippen molar-refractivity contribution in [3.63, 3.8) is 0 Å². The van der Waals surface area contributed by atoms with Crippen molar-refractivity contribution < 1.29 is 9.13 Å². The Morgan fingerprint density at radius 1 is 1.20 bits per heavy atom. The molecule has 0 aromatic heterocycles. The van der Waals surface area contributed by atoms with Gasteiger partial charge in [-0.2, -0.15) is 0 Å². The zero-order chi connectivity index (χ0) is 14.5. The summed E-state index contributed by atoms with van der Waals surface area (Å²) in [5.74, 6) is 0.462. The first-order valence-electron chi connectivity index (χ1n) is 6.53. The van der Waals surface area contributed by atoms with Gasteiger partial charge in [-0.3, -0.25) is 0 Å². The SMILES string of the molecule is CCC(N)c1ccc(OCc2cccc(F)c2Br)cc1. The van der Waals surface area contributed by atoms with Crippen LogP contribution in [-0.4, -0.2) is 0 Å². The van der Waals surface area contributed by atoms with E-state index in [0.717, 1.165) is 23.3 Å². The maximum Gasteiger partial charge on any atom is 0.137 e. The van der Waals surface area contributed by atoms with Gasteiger partial charge >= 0.3 is 0 Å². The minimum Gasteiger partial charge on any atom is -0.489 e. The smallest absolute Gasteiger partial charge is 0.137 e. The molecule has 1 atom stereocenters. The van der Waals surface area contributed by atoms with Crippen molar-refractivity contribution in [3.05, 3.63) is 63.9 Å². The van der Waals surface area contributed by atoms with Gasteiger partial charge in [0, 0.05) is 11.6 Å². The predicted molar refractivity (Wildman–Crippen MR) is 82.1 cm³/mol. The highest BCUT2D eigenvalue weighted by Crippen LogP contribution is 2.23. The Labute approximate surface area is 126 Å². The van der Waals surface area contributed by atoms with Crippen LogP contribution in [0.15, 0.2) is 46.9 Å². The third-order valence-electron chi connectivity index (χ3n) is 3.17. The molecule has 0 aliphatic rings. The third-order valence-corrected chi connectivity index (χ3v) is 4.06. The molecule has 0 radical (unpaired) electrons. The van der Waals surface area contributed by atoms with E-state index in [1.165, 1.54) is 6.07 Å². The maximum atomic E-state index is 13.4. The van der Waals surface area contributed by atoms with E-state index in [0.29, 0.717) is 11.1 Å². The van der Waals surface area contributed by atoms with Gasteiger partial charge in [0.25, 0.3) is 0 Å². The first-order chi connectivity index (χ1) is 9.61. The lowest BCUT2D eigenvalue weighted by Gasteiger charge is -2.11. The van der Waals surface area contributed by atoms with E-state index in [-0.39, 0.29) is 11.9 Å². The molecule has 0 amide bonds. The lowest BCUT2D eigenvalue weighted by atomic mass is 10.1. The highest BCUT2D eigenvalue weighted by molar-refractivity contribution is 9.10. The topological polar surface area (TPSA) is 35.2 Å².